The number of rotatable bonds is 5. The van der Waals surface area contributed by atoms with E-state index in [-0.39, 0.29) is 10.7 Å². The quantitative estimate of drug-likeness (QED) is 0.855. The first kappa shape index (κ1) is 14.8. The molecule has 0 atom stereocenters. The second-order valence-electron chi connectivity index (χ2n) is 3.95. The molecule has 4 nitrogen and oxygen atoms in total. The summed E-state index contributed by atoms with van der Waals surface area (Å²) in [7, 11) is 1.48. The molecule has 0 saturated heterocycles. The zero-order valence-corrected chi connectivity index (χ0v) is 12.5. The van der Waals surface area contributed by atoms with Crippen LogP contribution < -0.4 is 4.74 Å². The zero-order valence-electron chi connectivity index (χ0n) is 10.8. The van der Waals surface area contributed by atoms with Gasteiger partial charge in [-0.25, -0.2) is 14.2 Å². The number of methoxy groups -OCH3 is 1. The fourth-order valence-electron chi connectivity index (χ4n) is 1.54. The van der Waals surface area contributed by atoms with Crippen LogP contribution in [-0.4, -0.2) is 23.2 Å². The third kappa shape index (κ3) is 3.29. The van der Waals surface area contributed by atoms with Crippen LogP contribution in [0, 0.1) is 12.7 Å². The van der Waals surface area contributed by atoms with E-state index in [4.69, 9.17) is 9.84 Å². The van der Waals surface area contributed by atoms with E-state index >= 15 is 0 Å². The maximum absolute atomic E-state index is 13.7. The summed E-state index contributed by atoms with van der Waals surface area (Å²) >= 11 is 2.42. The Labute approximate surface area is 123 Å². The van der Waals surface area contributed by atoms with E-state index in [0.717, 1.165) is 11.3 Å². The number of hydrogen-bond acceptors (Lipinski definition) is 5. The number of thiazole rings is 1. The van der Waals surface area contributed by atoms with Crippen molar-refractivity contribution in [2.24, 2.45) is 0 Å². The molecule has 1 heterocycles. The predicted molar refractivity (Wildman–Crippen MR) is 76.3 cm³/mol. The van der Waals surface area contributed by atoms with Crippen molar-refractivity contribution in [2.75, 3.05) is 7.11 Å². The Morgan fingerprint density at radius 1 is 1.55 bits per heavy atom. The predicted octanol–water partition coefficient (Wildman–Crippen LogP) is 3.59. The molecule has 2 aromatic rings. The summed E-state index contributed by atoms with van der Waals surface area (Å²) < 4.78 is 19.3. The first-order valence-corrected chi connectivity index (χ1v) is 7.47. The molecule has 20 heavy (non-hydrogen) atoms. The Balaban J connectivity index is 2.09. The topological polar surface area (TPSA) is 59.4 Å². The molecule has 0 aliphatic heterocycles. The lowest BCUT2D eigenvalue weighted by Gasteiger charge is -2.04. The Morgan fingerprint density at radius 3 is 2.85 bits per heavy atom. The third-order valence-corrected chi connectivity index (χ3v) is 4.92. The monoisotopic (exact) mass is 313 g/mol. The van der Waals surface area contributed by atoms with Gasteiger partial charge in [0.1, 0.15) is 16.4 Å². The van der Waals surface area contributed by atoms with Crippen molar-refractivity contribution in [3.05, 3.63) is 40.2 Å². The zero-order chi connectivity index (χ0) is 14.7. The smallest absolute Gasteiger partial charge is 0.347 e. The molecule has 0 fully saturated rings. The second kappa shape index (κ2) is 6.23. The van der Waals surface area contributed by atoms with Crippen LogP contribution in [0.1, 0.15) is 20.9 Å². The number of ether oxygens (including phenoxy) is 1. The molecule has 0 saturated carbocycles. The number of aromatic carboxylic acids is 1. The Bertz CT molecular complexity index is 643. The van der Waals surface area contributed by atoms with Gasteiger partial charge in [0.05, 0.1) is 12.8 Å². The van der Waals surface area contributed by atoms with E-state index in [1.54, 1.807) is 19.1 Å². The fraction of sp³-hybridized carbons (Fsp3) is 0.231. The van der Waals surface area contributed by atoms with Crippen LogP contribution in [0.3, 0.4) is 0 Å². The maximum Gasteiger partial charge on any atom is 0.347 e. The van der Waals surface area contributed by atoms with Crippen molar-refractivity contribution in [3.63, 3.8) is 0 Å². The van der Waals surface area contributed by atoms with Gasteiger partial charge in [0, 0.05) is 11.8 Å². The molecule has 0 aliphatic carbocycles. The number of nitrogens with zero attached hydrogens (tertiary/aromatic N) is 1. The van der Waals surface area contributed by atoms with E-state index in [0.29, 0.717) is 27.1 Å². The standard InChI is InChI=1S/C13H12FNO3S2/c1-7-11(12(16)17)20-13(15-7)19-6-8-3-4-9(18-2)5-10(8)14/h3-5H,6H2,1-2H3,(H,16,17). The average Bonchev–Trinajstić information content (AvgIpc) is 2.78. The Morgan fingerprint density at radius 2 is 2.30 bits per heavy atom. The summed E-state index contributed by atoms with van der Waals surface area (Å²) in [4.78, 5) is 15.3. The molecule has 0 aliphatic rings. The molecular weight excluding hydrogens is 301 g/mol. The number of benzene rings is 1. The van der Waals surface area contributed by atoms with E-state index < -0.39 is 5.97 Å². The van der Waals surface area contributed by atoms with Crippen molar-refractivity contribution >= 4 is 29.1 Å². The van der Waals surface area contributed by atoms with Crippen LogP contribution in [0.25, 0.3) is 0 Å². The number of carboxylic acid groups (broad SMARTS) is 1. The van der Waals surface area contributed by atoms with Crippen LogP contribution in [-0.2, 0) is 5.75 Å². The molecule has 0 radical (unpaired) electrons. The number of halogens is 1. The largest absolute Gasteiger partial charge is 0.497 e. The second-order valence-corrected chi connectivity index (χ2v) is 6.17. The molecule has 7 heteroatoms. The number of hydrogen-bond donors (Lipinski definition) is 1. The summed E-state index contributed by atoms with van der Waals surface area (Å²) in [5.74, 6) is -0.470. The van der Waals surface area contributed by atoms with E-state index in [1.165, 1.54) is 24.9 Å². The van der Waals surface area contributed by atoms with Crippen LogP contribution in [0.5, 0.6) is 5.75 Å². The van der Waals surface area contributed by atoms with E-state index in [2.05, 4.69) is 4.98 Å². The molecular formula is C13H12FNO3S2. The summed E-state index contributed by atoms with van der Waals surface area (Å²) in [6, 6.07) is 4.67. The summed E-state index contributed by atoms with van der Waals surface area (Å²) in [5, 5.41) is 8.95. The van der Waals surface area contributed by atoms with Gasteiger partial charge in [-0.05, 0) is 18.6 Å². The van der Waals surface area contributed by atoms with Crippen molar-refractivity contribution < 1.29 is 19.0 Å². The van der Waals surface area contributed by atoms with Crippen molar-refractivity contribution in [1.82, 2.24) is 4.98 Å². The minimum Gasteiger partial charge on any atom is -0.497 e. The minimum absolute atomic E-state index is 0.225. The molecule has 1 aromatic carbocycles. The molecule has 0 bridgehead atoms. The lowest BCUT2D eigenvalue weighted by molar-refractivity contribution is 0.0701. The summed E-state index contributed by atoms with van der Waals surface area (Å²) in [6.07, 6.45) is 0. The normalized spacial score (nSPS) is 10.6. The molecule has 2 rings (SSSR count). The van der Waals surface area contributed by atoms with Gasteiger partial charge >= 0.3 is 5.97 Å². The first-order chi connectivity index (χ1) is 9.51. The van der Waals surface area contributed by atoms with E-state index in [9.17, 15) is 9.18 Å². The lowest BCUT2D eigenvalue weighted by Crippen LogP contribution is -1.94. The van der Waals surface area contributed by atoms with Crippen LogP contribution in [0.2, 0.25) is 0 Å². The average molecular weight is 313 g/mol. The minimum atomic E-state index is -0.984. The van der Waals surface area contributed by atoms with E-state index in [1.807, 2.05) is 0 Å². The van der Waals surface area contributed by atoms with Gasteiger partial charge in [-0.3, -0.25) is 0 Å². The van der Waals surface area contributed by atoms with Crippen molar-refractivity contribution in [3.8, 4) is 5.75 Å². The SMILES string of the molecule is COc1ccc(CSc2nc(C)c(C(=O)O)s2)c(F)c1. The highest BCUT2D eigenvalue weighted by Gasteiger charge is 2.14. The van der Waals surface area contributed by atoms with Gasteiger partial charge in [0.25, 0.3) is 0 Å². The number of carboxylic acids is 1. The molecule has 0 amide bonds. The fourth-order valence-corrected chi connectivity index (χ4v) is 3.56. The summed E-state index contributed by atoms with van der Waals surface area (Å²) in [5.41, 5.74) is 1.01. The third-order valence-electron chi connectivity index (χ3n) is 2.58. The van der Waals surface area contributed by atoms with Gasteiger partial charge < -0.3 is 9.84 Å². The number of carbonyl (C=O) groups is 1. The first-order valence-electron chi connectivity index (χ1n) is 5.67. The number of thioether (sulfide) groups is 1. The van der Waals surface area contributed by atoms with Crippen LogP contribution in [0.4, 0.5) is 4.39 Å². The van der Waals surface area contributed by atoms with Gasteiger partial charge in [0.15, 0.2) is 4.34 Å². The molecule has 1 aromatic heterocycles. The highest BCUT2D eigenvalue weighted by Crippen LogP contribution is 2.30. The summed E-state index contributed by atoms with van der Waals surface area (Å²) in [6.45, 7) is 1.65. The number of aryl methyl sites for hydroxylation is 1. The van der Waals surface area contributed by atoms with Crippen LogP contribution >= 0.6 is 23.1 Å². The van der Waals surface area contributed by atoms with Crippen molar-refractivity contribution in [1.29, 1.82) is 0 Å². The maximum atomic E-state index is 13.7. The Kier molecular flexibility index (Phi) is 4.61. The van der Waals surface area contributed by atoms with Gasteiger partial charge in [-0.1, -0.05) is 17.8 Å². The van der Waals surface area contributed by atoms with Crippen LogP contribution in [0.15, 0.2) is 22.5 Å². The number of aromatic nitrogens is 1. The van der Waals surface area contributed by atoms with Crippen molar-refractivity contribution in [2.45, 2.75) is 17.0 Å². The molecule has 0 unspecified atom stereocenters. The molecule has 0 spiro atoms. The molecule has 106 valence electrons. The lowest BCUT2D eigenvalue weighted by atomic mass is 10.2. The Hall–Kier alpha value is -1.60. The van der Waals surface area contributed by atoms with Gasteiger partial charge in [0.2, 0.25) is 0 Å². The highest BCUT2D eigenvalue weighted by molar-refractivity contribution is 8.00. The van der Waals surface area contributed by atoms with Gasteiger partial charge in [-0.15, -0.1) is 11.3 Å². The molecule has 1 N–H and O–H groups in total. The highest BCUT2D eigenvalue weighted by atomic mass is 32.2. The van der Waals surface area contributed by atoms with Gasteiger partial charge in [-0.2, -0.15) is 0 Å².